The number of ether oxygens (including phenoxy) is 1. The summed E-state index contributed by atoms with van der Waals surface area (Å²) in [4.78, 5) is 2.06. The fraction of sp³-hybridized carbons (Fsp3) is 0.600. The topological polar surface area (TPSA) is 44.7 Å². The number of methoxy groups -OCH3 is 1. The van der Waals surface area contributed by atoms with E-state index in [0.717, 1.165) is 16.7 Å². The van der Waals surface area contributed by atoms with Crippen molar-refractivity contribution >= 4 is 21.6 Å². The Balaban J connectivity index is 2.81. The Labute approximate surface area is 130 Å². The van der Waals surface area contributed by atoms with E-state index in [4.69, 9.17) is 4.74 Å². The Morgan fingerprint density at radius 2 is 2.10 bits per heavy atom. The lowest BCUT2D eigenvalue weighted by Gasteiger charge is -2.25. The highest BCUT2D eigenvalue weighted by atomic mass is 79.9. The molecule has 0 spiro atoms. The zero-order valence-electron chi connectivity index (χ0n) is 12.7. The first-order valence-corrected chi connectivity index (χ1v) is 7.63. The molecule has 0 aliphatic rings. The maximum Gasteiger partial charge on any atom is 0.0947 e. The molecule has 0 bridgehead atoms. The summed E-state index contributed by atoms with van der Waals surface area (Å²) in [6, 6.07) is 6.67. The second kappa shape index (κ2) is 8.62. The second-order valence-electron chi connectivity index (χ2n) is 5.30. The zero-order chi connectivity index (χ0) is 15.1. The molecule has 0 amide bonds. The number of aliphatic hydroxyl groups is 1. The third-order valence-corrected chi connectivity index (χ3v) is 3.50. The Morgan fingerprint density at radius 3 is 2.70 bits per heavy atom. The van der Waals surface area contributed by atoms with Gasteiger partial charge in [0.15, 0.2) is 0 Å². The second-order valence-corrected chi connectivity index (χ2v) is 6.21. The van der Waals surface area contributed by atoms with E-state index in [1.165, 1.54) is 5.56 Å². The Morgan fingerprint density at radius 1 is 1.40 bits per heavy atom. The van der Waals surface area contributed by atoms with Crippen molar-refractivity contribution in [1.82, 2.24) is 5.32 Å². The number of nitrogens with zero attached hydrogens (tertiary/aromatic N) is 1. The van der Waals surface area contributed by atoms with Gasteiger partial charge in [0, 0.05) is 43.4 Å². The summed E-state index contributed by atoms with van der Waals surface area (Å²) in [5.74, 6) is 0. The van der Waals surface area contributed by atoms with Crippen molar-refractivity contribution in [2.75, 3.05) is 32.2 Å². The molecule has 1 aromatic rings. The first-order valence-electron chi connectivity index (χ1n) is 6.84. The summed E-state index contributed by atoms with van der Waals surface area (Å²) in [5, 5.41) is 13.3. The van der Waals surface area contributed by atoms with E-state index in [2.05, 4.69) is 52.1 Å². The van der Waals surface area contributed by atoms with Crippen molar-refractivity contribution in [3.05, 3.63) is 28.2 Å². The molecule has 0 fully saturated rings. The molecular weight excluding hydrogens is 320 g/mol. The number of likely N-dealkylation sites (N-methyl/N-ethyl adjacent to an activating group) is 1. The van der Waals surface area contributed by atoms with Crippen LogP contribution in [0.15, 0.2) is 22.7 Å². The first-order chi connectivity index (χ1) is 9.43. The molecule has 1 atom stereocenters. The smallest absolute Gasteiger partial charge is 0.0947 e. The van der Waals surface area contributed by atoms with Gasteiger partial charge in [-0.05, 0) is 17.7 Å². The average molecular weight is 345 g/mol. The molecule has 0 aliphatic heterocycles. The van der Waals surface area contributed by atoms with Gasteiger partial charge in [-0.2, -0.15) is 0 Å². The first kappa shape index (κ1) is 17.4. The Bertz CT molecular complexity index is 413. The van der Waals surface area contributed by atoms with Crippen molar-refractivity contribution in [2.24, 2.45) is 0 Å². The number of hydrogen-bond donors (Lipinski definition) is 2. The van der Waals surface area contributed by atoms with Crippen LogP contribution < -0.4 is 10.2 Å². The molecule has 0 saturated heterocycles. The van der Waals surface area contributed by atoms with Crippen molar-refractivity contribution < 1.29 is 9.84 Å². The van der Waals surface area contributed by atoms with Crippen LogP contribution in [0, 0.1) is 0 Å². The van der Waals surface area contributed by atoms with Gasteiger partial charge in [-0.3, -0.25) is 0 Å². The third kappa shape index (κ3) is 5.79. The van der Waals surface area contributed by atoms with Crippen LogP contribution in [0.3, 0.4) is 0 Å². The number of anilines is 1. The number of benzene rings is 1. The number of nitrogens with one attached hydrogen (secondary N) is 1. The van der Waals surface area contributed by atoms with Crippen LogP contribution in [0.5, 0.6) is 0 Å². The zero-order valence-corrected chi connectivity index (χ0v) is 14.3. The molecule has 20 heavy (non-hydrogen) atoms. The van der Waals surface area contributed by atoms with Gasteiger partial charge >= 0.3 is 0 Å². The average Bonchev–Trinajstić information content (AvgIpc) is 2.37. The summed E-state index contributed by atoms with van der Waals surface area (Å²) < 4.78 is 6.01. The summed E-state index contributed by atoms with van der Waals surface area (Å²) >= 11 is 3.51. The van der Waals surface area contributed by atoms with Gasteiger partial charge in [-0.1, -0.05) is 35.8 Å². The van der Waals surface area contributed by atoms with Gasteiger partial charge in [0.25, 0.3) is 0 Å². The quantitative estimate of drug-likeness (QED) is 0.759. The highest BCUT2D eigenvalue weighted by molar-refractivity contribution is 9.10. The minimum Gasteiger partial charge on any atom is -0.389 e. The molecule has 0 radical (unpaired) electrons. The van der Waals surface area contributed by atoms with Crippen LogP contribution in [0.1, 0.15) is 19.4 Å². The van der Waals surface area contributed by atoms with E-state index < -0.39 is 6.10 Å². The third-order valence-electron chi connectivity index (χ3n) is 3.00. The van der Waals surface area contributed by atoms with Crippen LogP contribution in [-0.4, -0.2) is 44.6 Å². The fourth-order valence-electron chi connectivity index (χ4n) is 2.02. The maximum atomic E-state index is 9.87. The van der Waals surface area contributed by atoms with Crippen LogP contribution in [-0.2, 0) is 11.3 Å². The molecule has 4 nitrogen and oxygen atoms in total. The standard InChI is InChI=1S/C15H25BrN2O2/c1-11(2)17-8-12-5-6-13(16)7-15(12)18(3)9-14(19)10-20-4/h5-7,11,14,17,19H,8-10H2,1-4H3. The van der Waals surface area contributed by atoms with E-state index in [0.29, 0.717) is 19.2 Å². The minimum atomic E-state index is -0.491. The minimum absolute atomic E-state index is 0.345. The predicted octanol–water partition coefficient (Wildman–Crippen LogP) is 2.39. The Hall–Kier alpha value is -0.620. The molecule has 114 valence electrons. The molecule has 1 aromatic carbocycles. The molecule has 1 unspecified atom stereocenters. The lowest BCUT2D eigenvalue weighted by atomic mass is 10.1. The van der Waals surface area contributed by atoms with E-state index in [9.17, 15) is 5.11 Å². The van der Waals surface area contributed by atoms with Crippen molar-refractivity contribution in [3.63, 3.8) is 0 Å². The van der Waals surface area contributed by atoms with Crippen molar-refractivity contribution in [2.45, 2.75) is 32.5 Å². The van der Waals surface area contributed by atoms with Gasteiger partial charge in [0.1, 0.15) is 0 Å². The number of rotatable bonds is 8. The molecule has 2 N–H and O–H groups in total. The largest absolute Gasteiger partial charge is 0.389 e. The molecule has 5 heteroatoms. The van der Waals surface area contributed by atoms with E-state index in [-0.39, 0.29) is 0 Å². The van der Waals surface area contributed by atoms with Gasteiger partial charge < -0.3 is 20.1 Å². The lowest BCUT2D eigenvalue weighted by molar-refractivity contribution is 0.0695. The van der Waals surface area contributed by atoms with Gasteiger partial charge in [0.05, 0.1) is 12.7 Å². The van der Waals surface area contributed by atoms with Crippen molar-refractivity contribution in [3.8, 4) is 0 Å². The predicted molar refractivity (Wildman–Crippen MR) is 87.3 cm³/mol. The maximum absolute atomic E-state index is 9.87. The van der Waals surface area contributed by atoms with Gasteiger partial charge in [0.2, 0.25) is 0 Å². The van der Waals surface area contributed by atoms with Gasteiger partial charge in [-0.25, -0.2) is 0 Å². The van der Waals surface area contributed by atoms with Crippen LogP contribution in [0.25, 0.3) is 0 Å². The van der Waals surface area contributed by atoms with E-state index in [1.54, 1.807) is 7.11 Å². The highest BCUT2D eigenvalue weighted by Gasteiger charge is 2.12. The SMILES string of the molecule is COCC(O)CN(C)c1cc(Br)ccc1CNC(C)C. The number of halogens is 1. The van der Waals surface area contributed by atoms with Crippen LogP contribution >= 0.6 is 15.9 Å². The molecule has 0 heterocycles. The lowest BCUT2D eigenvalue weighted by Crippen LogP contribution is -2.33. The Kier molecular flexibility index (Phi) is 7.51. The number of aliphatic hydroxyl groups excluding tert-OH is 1. The van der Waals surface area contributed by atoms with Crippen LogP contribution in [0.2, 0.25) is 0 Å². The van der Waals surface area contributed by atoms with E-state index >= 15 is 0 Å². The summed E-state index contributed by atoms with van der Waals surface area (Å²) in [5.41, 5.74) is 2.33. The van der Waals surface area contributed by atoms with Gasteiger partial charge in [-0.15, -0.1) is 0 Å². The van der Waals surface area contributed by atoms with Crippen molar-refractivity contribution in [1.29, 1.82) is 0 Å². The summed E-state index contributed by atoms with van der Waals surface area (Å²) in [6.45, 7) is 5.96. The molecule has 1 rings (SSSR count). The molecule has 0 saturated carbocycles. The number of hydrogen-bond acceptors (Lipinski definition) is 4. The van der Waals surface area contributed by atoms with Crippen LogP contribution in [0.4, 0.5) is 5.69 Å². The normalized spacial score (nSPS) is 12.8. The molecular formula is C15H25BrN2O2. The highest BCUT2D eigenvalue weighted by Crippen LogP contribution is 2.24. The monoisotopic (exact) mass is 344 g/mol. The molecule has 0 aliphatic carbocycles. The fourth-order valence-corrected chi connectivity index (χ4v) is 2.36. The van der Waals surface area contributed by atoms with E-state index in [1.807, 2.05) is 13.1 Å². The summed E-state index contributed by atoms with van der Waals surface area (Å²) in [7, 11) is 3.58. The summed E-state index contributed by atoms with van der Waals surface area (Å²) in [6.07, 6.45) is -0.491. The molecule has 0 aromatic heterocycles.